The Morgan fingerprint density at radius 2 is 2.29 bits per heavy atom. The van der Waals surface area contributed by atoms with Gasteiger partial charge in [-0.2, -0.15) is 0 Å². The van der Waals surface area contributed by atoms with E-state index in [2.05, 4.69) is 5.32 Å². The number of phenolic OH excluding ortho intramolecular Hbond substituents is 1. The van der Waals surface area contributed by atoms with Crippen LogP contribution in [-0.4, -0.2) is 23.9 Å². The summed E-state index contributed by atoms with van der Waals surface area (Å²) in [7, 11) is 0. The van der Waals surface area contributed by atoms with Crippen molar-refractivity contribution in [3.05, 3.63) is 24.3 Å². The number of thioether (sulfide) groups is 1. The van der Waals surface area contributed by atoms with Crippen molar-refractivity contribution in [1.82, 2.24) is 5.32 Å². The fraction of sp³-hybridized carbons (Fsp3) is 0.455. The van der Waals surface area contributed by atoms with Gasteiger partial charge in [0.1, 0.15) is 5.75 Å². The van der Waals surface area contributed by atoms with Crippen molar-refractivity contribution in [3.63, 3.8) is 0 Å². The van der Waals surface area contributed by atoms with Crippen LogP contribution in [0.1, 0.15) is 6.42 Å². The van der Waals surface area contributed by atoms with E-state index >= 15 is 0 Å². The highest BCUT2D eigenvalue weighted by Gasteiger charge is 2.15. The van der Waals surface area contributed by atoms with Crippen molar-refractivity contribution >= 4 is 11.8 Å². The van der Waals surface area contributed by atoms with Crippen LogP contribution in [0, 0.1) is 5.92 Å². The molecule has 2 rings (SSSR count). The van der Waals surface area contributed by atoms with Crippen molar-refractivity contribution in [3.8, 4) is 5.75 Å². The van der Waals surface area contributed by atoms with E-state index in [1.165, 1.54) is 19.5 Å². The van der Waals surface area contributed by atoms with Gasteiger partial charge in [-0.05, 0) is 49.4 Å². The second-order valence-corrected chi connectivity index (χ2v) is 4.83. The molecule has 0 aromatic heterocycles. The smallest absolute Gasteiger partial charge is 0.116 e. The molecule has 0 amide bonds. The van der Waals surface area contributed by atoms with Gasteiger partial charge in [0.05, 0.1) is 0 Å². The van der Waals surface area contributed by atoms with Gasteiger partial charge in [0, 0.05) is 4.90 Å². The third kappa shape index (κ3) is 2.66. The van der Waals surface area contributed by atoms with E-state index in [-0.39, 0.29) is 0 Å². The zero-order valence-electron chi connectivity index (χ0n) is 8.07. The molecule has 1 aromatic rings. The van der Waals surface area contributed by atoms with Crippen molar-refractivity contribution in [2.45, 2.75) is 11.3 Å². The van der Waals surface area contributed by atoms with Crippen LogP contribution in [0.25, 0.3) is 0 Å². The molecule has 1 heterocycles. The van der Waals surface area contributed by atoms with Crippen molar-refractivity contribution < 1.29 is 5.11 Å². The van der Waals surface area contributed by atoms with Gasteiger partial charge >= 0.3 is 0 Å². The van der Waals surface area contributed by atoms with Gasteiger partial charge < -0.3 is 10.4 Å². The highest BCUT2D eigenvalue weighted by molar-refractivity contribution is 7.99. The molecule has 0 spiro atoms. The van der Waals surface area contributed by atoms with E-state index < -0.39 is 0 Å². The zero-order chi connectivity index (χ0) is 9.80. The van der Waals surface area contributed by atoms with Crippen LogP contribution in [0.2, 0.25) is 0 Å². The molecular weight excluding hydrogens is 194 g/mol. The molecule has 0 radical (unpaired) electrons. The molecule has 1 aliphatic heterocycles. The lowest BCUT2D eigenvalue weighted by atomic mass is 10.0. The maximum atomic E-state index is 9.26. The average Bonchev–Trinajstić information content (AvgIpc) is 2.09. The lowest BCUT2D eigenvalue weighted by molar-refractivity contribution is 0.341. The minimum atomic E-state index is 0.361. The monoisotopic (exact) mass is 209 g/mol. The van der Waals surface area contributed by atoms with Crippen molar-refractivity contribution in [2.75, 3.05) is 18.8 Å². The molecule has 2 nitrogen and oxygen atoms in total. The minimum absolute atomic E-state index is 0.361. The molecule has 1 fully saturated rings. The summed E-state index contributed by atoms with van der Waals surface area (Å²) < 4.78 is 0. The minimum Gasteiger partial charge on any atom is -0.508 e. The van der Waals surface area contributed by atoms with E-state index in [0.717, 1.165) is 16.6 Å². The first-order valence-electron chi connectivity index (χ1n) is 4.97. The lowest BCUT2D eigenvalue weighted by Crippen LogP contribution is -2.42. The first-order valence-corrected chi connectivity index (χ1v) is 5.96. The van der Waals surface area contributed by atoms with Crippen LogP contribution in [0.4, 0.5) is 0 Å². The molecule has 0 unspecified atom stereocenters. The molecule has 1 saturated heterocycles. The molecule has 1 aliphatic rings. The molecule has 76 valence electrons. The van der Waals surface area contributed by atoms with E-state index in [1.807, 2.05) is 30.0 Å². The van der Waals surface area contributed by atoms with Gasteiger partial charge in [0.2, 0.25) is 0 Å². The molecule has 0 saturated carbocycles. The zero-order valence-corrected chi connectivity index (χ0v) is 8.89. The Morgan fingerprint density at radius 1 is 1.43 bits per heavy atom. The normalized spacial score (nSPS) is 16.6. The molecular formula is C11H15NOS. The van der Waals surface area contributed by atoms with Crippen molar-refractivity contribution in [2.24, 2.45) is 5.92 Å². The quantitative estimate of drug-likeness (QED) is 0.745. The summed E-state index contributed by atoms with van der Waals surface area (Å²) in [6.45, 7) is 2.36. The molecule has 0 atom stereocenters. The first-order chi connectivity index (χ1) is 6.84. The highest BCUT2D eigenvalue weighted by atomic mass is 32.2. The van der Waals surface area contributed by atoms with Crippen LogP contribution in [0.15, 0.2) is 29.2 Å². The maximum Gasteiger partial charge on any atom is 0.116 e. The summed E-state index contributed by atoms with van der Waals surface area (Å²) in [6, 6.07) is 7.47. The van der Waals surface area contributed by atoms with Gasteiger partial charge in [-0.25, -0.2) is 0 Å². The number of nitrogens with one attached hydrogen (secondary N) is 1. The van der Waals surface area contributed by atoms with Gasteiger partial charge in [-0.1, -0.05) is 6.07 Å². The number of hydrogen-bond acceptors (Lipinski definition) is 3. The van der Waals surface area contributed by atoms with Gasteiger partial charge in [-0.15, -0.1) is 11.8 Å². The average molecular weight is 209 g/mol. The summed E-state index contributed by atoms with van der Waals surface area (Å²) in [4.78, 5) is 1.16. The van der Waals surface area contributed by atoms with Gasteiger partial charge in [-0.3, -0.25) is 0 Å². The summed E-state index contributed by atoms with van der Waals surface area (Å²) in [6.07, 6.45) is 1.27. The van der Waals surface area contributed by atoms with Gasteiger partial charge in [0.25, 0.3) is 0 Å². The lowest BCUT2D eigenvalue weighted by Gasteiger charge is -2.26. The Bertz CT molecular complexity index is 299. The number of rotatable bonds is 4. The topological polar surface area (TPSA) is 32.3 Å². The Hall–Kier alpha value is -0.670. The summed E-state index contributed by atoms with van der Waals surface area (Å²) in [5.41, 5.74) is 0. The molecule has 0 bridgehead atoms. The Kier molecular flexibility index (Phi) is 3.32. The highest BCUT2D eigenvalue weighted by Crippen LogP contribution is 2.24. The van der Waals surface area contributed by atoms with Crippen LogP contribution in [0.5, 0.6) is 5.75 Å². The van der Waals surface area contributed by atoms with Crippen LogP contribution < -0.4 is 5.32 Å². The first kappa shape index (κ1) is 9.87. The fourth-order valence-corrected chi connectivity index (χ4v) is 2.54. The third-order valence-corrected chi connectivity index (χ3v) is 3.51. The molecule has 14 heavy (non-hydrogen) atoms. The predicted molar refractivity (Wildman–Crippen MR) is 59.8 cm³/mol. The standard InChI is InChI=1S/C11H15NOS/c13-10-2-1-3-11(6-10)14-5-4-9-7-12-8-9/h1-3,6,9,12-13H,4-5,7-8H2. The molecule has 2 N–H and O–H groups in total. The second-order valence-electron chi connectivity index (χ2n) is 3.66. The van der Waals surface area contributed by atoms with Gasteiger partial charge in [0.15, 0.2) is 0 Å². The number of phenols is 1. The number of aromatic hydroxyl groups is 1. The molecule has 3 heteroatoms. The van der Waals surface area contributed by atoms with Crippen LogP contribution in [0.3, 0.4) is 0 Å². The van der Waals surface area contributed by atoms with E-state index in [9.17, 15) is 5.11 Å². The third-order valence-electron chi connectivity index (χ3n) is 2.48. The van der Waals surface area contributed by atoms with Crippen LogP contribution >= 0.6 is 11.8 Å². The largest absolute Gasteiger partial charge is 0.508 e. The van der Waals surface area contributed by atoms with E-state index in [4.69, 9.17) is 0 Å². The summed E-state index contributed by atoms with van der Waals surface area (Å²) in [5, 5.41) is 12.5. The summed E-state index contributed by atoms with van der Waals surface area (Å²) >= 11 is 1.82. The molecule has 1 aromatic carbocycles. The predicted octanol–water partition coefficient (Wildman–Crippen LogP) is 2.09. The van der Waals surface area contributed by atoms with E-state index in [1.54, 1.807) is 6.07 Å². The van der Waals surface area contributed by atoms with Crippen molar-refractivity contribution in [1.29, 1.82) is 0 Å². The summed E-state index contributed by atoms with van der Waals surface area (Å²) in [5.74, 6) is 2.38. The Labute approximate surface area is 88.7 Å². The second kappa shape index (κ2) is 4.71. The Morgan fingerprint density at radius 3 is 2.93 bits per heavy atom. The Balaban J connectivity index is 1.74. The number of hydrogen-bond donors (Lipinski definition) is 2. The molecule has 0 aliphatic carbocycles. The fourth-order valence-electron chi connectivity index (χ4n) is 1.47. The number of benzene rings is 1. The van der Waals surface area contributed by atoms with Crippen LogP contribution in [-0.2, 0) is 0 Å². The SMILES string of the molecule is Oc1cccc(SCCC2CNC2)c1. The van der Waals surface area contributed by atoms with E-state index in [0.29, 0.717) is 5.75 Å². The maximum absolute atomic E-state index is 9.26.